The van der Waals surface area contributed by atoms with Crippen molar-refractivity contribution in [1.82, 2.24) is 5.32 Å². The predicted octanol–water partition coefficient (Wildman–Crippen LogP) is 0.339. The van der Waals surface area contributed by atoms with Crippen molar-refractivity contribution in [3.05, 3.63) is 0 Å². The summed E-state index contributed by atoms with van der Waals surface area (Å²) in [7, 11) is 0. The van der Waals surface area contributed by atoms with Crippen molar-refractivity contribution in [2.75, 3.05) is 13.2 Å². The van der Waals surface area contributed by atoms with Crippen LogP contribution in [-0.2, 0) is 9.59 Å². The Labute approximate surface area is 114 Å². The van der Waals surface area contributed by atoms with Crippen LogP contribution in [0.3, 0.4) is 0 Å². The highest BCUT2D eigenvalue weighted by Gasteiger charge is 2.25. The summed E-state index contributed by atoms with van der Waals surface area (Å²) in [4.78, 5) is 22.3. The lowest BCUT2D eigenvalue weighted by molar-refractivity contribution is -0.143. The van der Waals surface area contributed by atoms with E-state index < -0.39 is 18.6 Å². The number of aliphatic hydroxyl groups excluding tert-OH is 1. The quantitative estimate of drug-likeness (QED) is 0.510. The minimum atomic E-state index is -1.23. The second-order valence-corrected chi connectivity index (χ2v) is 5.82. The Morgan fingerprint density at radius 3 is 2.21 bits per heavy atom. The van der Waals surface area contributed by atoms with E-state index >= 15 is 0 Å². The molecule has 0 fully saturated rings. The first-order valence-corrected chi connectivity index (χ1v) is 6.55. The molecule has 1 unspecified atom stereocenters. The maximum atomic E-state index is 11.6. The van der Waals surface area contributed by atoms with Gasteiger partial charge in [-0.15, -0.1) is 0 Å². The Morgan fingerprint density at radius 1 is 1.26 bits per heavy atom. The highest BCUT2D eigenvalue weighted by atomic mass is 16.4. The average molecular weight is 274 g/mol. The maximum absolute atomic E-state index is 11.6. The molecule has 1 amide bonds. The van der Waals surface area contributed by atoms with Gasteiger partial charge in [0.05, 0.1) is 6.61 Å². The van der Waals surface area contributed by atoms with Crippen molar-refractivity contribution in [3.63, 3.8) is 0 Å². The summed E-state index contributed by atoms with van der Waals surface area (Å²) >= 11 is 0. The van der Waals surface area contributed by atoms with Crippen molar-refractivity contribution in [3.8, 4) is 0 Å². The number of nitrogens with two attached hydrogens (primary N) is 1. The number of aliphatic hydroxyl groups is 1. The number of hydrogen-bond acceptors (Lipinski definition) is 4. The van der Waals surface area contributed by atoms with Crippen LogP contribution in [0.1, 0.15) is 40.0 Å². The van der Waals surface area contributed by atoms with Crippen LogP contribution in [0.4, 0.5) is 0 Å². The number of rotatable bonds is 8. The highest BCUT2D eigenvalue weighted by molar-refractivity contribution is 5.83. The topological polar surface area (TPSA) is 113 Å². The smallest absolute Gasteiger partial charge is 0.328 e. The largest absolute Gasteiger partial charge is 0.480 e. The monoisotopic (exact) mass is 274 g/mol. The normalized spacial score (nSPS) is 14.8. The minimum absolute atomic E-state index is 0.0584. The van der Waals surface area contributed by atoms with E-state index in [0.29, 0.717) is 18.9 Å². The number of carbonyl (C=O) groups is 2. The third-order valence-electron chi connectivity index (χ3n) is 3.28. The molecule has 0 aromatic rings. The van der Waals surface area contributed by atoms with E-state index in [9.17, 15) is 9.59 Å². The fourth-order valence-corrected chi connectivity index (χ4v) is 1.97. The molecule has 0 radical (unpaired) electrons. The lowest BCUT2D eigenvalue weighted by atomic mass is 9.76. The molecule has 2 atom stereocenters. The second-order valence-electron chi connectivity index (χ2n) is 5.82. The van der Waals surface area contributed by atoms with Gasteiger partial charge in [-0.2, -0.15) is 0 Å². The molecule has 0 heterocycles. The van der Waals surface area contributed by atoms with E-state index in [1.165, 1.54) is 0 Å². The van der Waals surface area contributed by atoms with E-state index in [-0.39, 0.29) is 17.7 Å². The van der Waals surface area contributed by atoms with Gasteiger partial charge in [0.25, 0.3) is 0 Å². The van der Waals surface area contributed by atoms with E-state index in [0.717, 1.165) is 6.42 Å². The van der Waals surface area contributed by atoms with E-state index in [4.69, 9.17) is 15.9 Å². The molecule has 0 aromatic carbocycles. The molecule has 19 heavy (non-hydrogen) atoms. The number of carboxylic acids is 1. The molecule has 0 aliphatic carbocycles. The van der Waals surface area contributed by atoms with Crippen molar-refractivity contribution in [1.29, 1.82) is 0 Å². The first-order valence-electron chi connectivity index (χ1n) is 6.55. The third kappa shape index (κ3) is 7.12. The fraction of sp³-hybridized carbons (Fsp3) is 0.846. The zero-order valence-electron chi connectivity index (χ0n) is 12.0. The van der Waals surface area contributed by atoms with Crippen LogP contribution in [0, 0.1) is 11.3 Å². The first-order chi connectivity index (χ1) is 8.72. The van der Waals surface area contributed by atoms with Gasteiger partial charge in [0, 0.05) is 6.42 Å². The number of amides is 1. The summed E-state index contributed by atoms with van der Waals surface area (Å²) in [6, 6.07) is -1.23. The molecule has 0 spiro atoms. The standard InChI is InChI=1S/C13H26N2O4/c1-13(2,3)9(6-7-14)4-5-11(17)15-10(8-16)12(18)19/h9-10,16H,4-8,14H2,1-3H3,(H,15,17)(H,18,19)/t9?,10-/m1/s1. The van der Waals surface area contributed by atoms with Crippen molar-refractivity contribution < 1.29 is 19.8 Å². The number of hydrogen-bond donors (Lipinski definition) is 4. The van der Waals surface area contributed by atoms with Gasteiger partial charge in [0.1, 0.15) is 6.04 Å². The van der Waals surface area contributed by atoms with Crippen molar-refractivity contribution in [2.24, 2.45) is 17.1 Å². The Morgan fingerprint density at radius 2 is 1.84 bits per heavy atom. The maximum Gasteiger partial charge on any atom is 0.328 e. The number of carboxylic acid groups (broad SMARTS) is 1. The molecular weight excluding hydrogens is 248 g/mol. The molecule has 0 aliphatic heterocycles. The summed E-state index contributed by atoms with van der Waals surface area (Å²) in [5.41, 5.74) is 5.62. The highest BCUT2D eigenvalue weighted by Crippen LogP contribution is 2.31. The molecular formula is C13H26N2O4. The minimum Gasteiger partial charge on any atom is -0.480 e. The molecule has 112 valence electrons. The summed E-state index contributed by atoms with van der Waals surface area (Å²) in [6.45, 7) is 6.25. The Hall–Kier alpha value is -1.14. The molecule has 0 saturated carbocycles. The summed E-state index contributed by atoms with van der Waals surface area (Å²) in [6.07, 6.45) is 1.73. The summed E-state index contributed by atoms with van der Waals surface area (Å²) in [5, 5.41) is 19.8. The van der Waals surface area contributed by atoms with Crippen molar-refractivity contribution in [2.45, 2.75) is 46.1 Å². The molecule has 0 rings (SSSR count). The van der Waals surface area contributed by atoms with Gasteiger partial charge in [0.2, 0.25) is 5.91 Å². The molecule has 0 aliphatic rings. The van der Waals surface area contributed by atoms with Gasteiger partial charge < -0.3 is 21.3 Å². The van der Waals surface area contributed by atoms with Crippen LogP contribution in [-0.4, -0.2) is 41.3 Å². The van der Waals surface area contributed by atoms with Gasteiger partial charge in [0.15, 0.2) is 0 Å². The SMILES string of the molecule is CC(C)(C)C(CCN)CCC(=O)N[C@H](CO)C(=O)O. The van der Waals surface area contributed by atoms with Crippen LogP contribution in [0.25, 0.3) is 0 Å². The lowest BCUT2D eigenvalue weighted by Crippen LogP contribution is -2.43. The van der Waals surface area contributed by atoms with Crippen LogP contribution in [0.2, 0.25) is 0 Å². The van der Waals surface area contributed by atoms with Gasteiger partial charge >= 0.3 is 5.97 Å². The van der Waals surface area contributed by atoms with E-state index in [2.05, 4.69) is 26.1 Å². The Kier molecular flexibility index (Phi) is 7.63. The zero-order valence-corrected chi connectivity index (χ0v) is 12.0. The second kappa shape index (κ2) is 8.12. The summed E-state index contributed by atoms with van der Waals surface area (Å²) in [5.74, 6) is -1.28. The first kappa shape index (κ1) is 17.9. The molecule has 0 aromatic heterocycles. The molecule has 0 bridgehead atoms. The van der Waals surface area contributed by atoms with Gasteiger partial charge in [-0.3, -0.25) is 4.79 Å². The molecule has 6 nitrogen and oxygen atoms in total. The molecule has 5 N–H and O–H groups in total. The molecule has 6 heteroatoms. The Bertz CT molecular complexity index is 300. The average Bonchev–Trinajstić information content (AvgIpc) is 2.29. The lowest BCUT2D eigenvalue weighted by Gasteiger charge is -2.30. The van der Waals surface area contributed by atoms with Gasteiger partial charge in [-0.05, 0) is 30.7 Å². The van der Waals surface area contributed by atoms with Gasteiger partial charge in [-0.25, -0.2) is 4.79 Å². The van der Waals surface area contributed by atoms with Gasteiger partial charge in [-0.1, -0.05) is 20.8 Å². The van der Waals surface area contributed by atoms with Crippen LogP contribution in [0.5, 0.6) is 0 Å². The van der Waals surface area contributed by atoms with E-state index in [1.807, 2.05) is 0 Å². The summed E-state index contributed by atoms with van der Waals surface area (Å²) < 4.78 is 0. The van der Waals surface area contributed by atoms with Crippen molar-refractivity contribution >= 4 is 11.9 Å². The number of nitrogens with one attached hydrogen (secondary N) is 1. The van der Waals surface area contributed by atoms with Crippen LogP contribution < -0.4 is 11.1 Å². The van der Waals surface area contributed by atoms with E-state index in [1.54, 1.807) is 0 Å². The molecule has 0 saturated heterocycles. The number of aliphatic carboxylic acids is 1. The van der Waals surface area contributed by atoms with Crippen LogP contribution in [0.15, 0.2) is 0 Å². The Balaban J connectivity index is 4.29. The zero-order chi connectivity index (χ0) is 15.1. The fourth-order valence-electron chi connectivity index (χ4n) is 1.97. The number of carbonyl (C=O) groups excluding carboxylic acids is 1. The predicted molar refractivity (Wildman–Crippen MR) is 72.5 cm³/mol. The third-order valence-corrected chi connectivity index (χ3v) is 3.28. The van der Waals surface area contributed by atoms with Crippen LogP contribution >= 0.6 is 0 Å².